The third kappa shape index (κ3) is 5.97. The van der Waals surface area contributed by atoms with E-state index in [0.717, 1.165) is 46.9 Å². The number of ether oxygens (including phenoxy) is 1. The number of aliphatic hydroxyl groups excluding tert-OH is 1. The summed E-state index contributed by atoms with van der Waals surface area (Å²) >= 11 is 0. The summed E-state index contributed by atoms with van der Waals surface area (Å²) in [6.07, 6.45) is 5.08. The number of H-pyrrole nitrogens is 1. The Morgan fingerprint density at radius 2 is 1.82 bits per heavy atom. The molecule has 1 aliphatic heterocycles. The molecule has 0 bridgehead atoms. The van der Waals surface area contributed by atoms with E-state index in [2.05, 4.69) is 27.5 Å². The third-order valence-electron chi connectivity index (χ3n) is 6.92. The Kier molecular flexibility index (Phi) is 7.95. The molecule has 1 atom stereocenters. The fourth-order valence-corrected chi connectivity index (χ4v) is 4.86. The average molecular weight is 522 g/mol. The van der Waals surface area contributed by atoms with Gasteiger partial charge in [-0.3, -0.25) is 9.59 Å². The smallest absolute Gasteiger partial charge is 0.255 e. The molecule has 4 N–H and O–H groups in total. The summed E-state index contributed by atoms with van der Waals surface area (Å²) in [5.74, 6) is 6.45. The Hall–Kier alpha value is -4.54. The molecule has 39 heavy (non-hydrogen) atoms. The molecule has 0 saturated carbocycles. The standard InChI is InChI=1S/C32H31N3O4/c1-33-31(37)23-13-11-21(12-14-23)9-10-22-16-24-6-4-5-15-39-30(24)28(17-22)32(38)35-26(20-36)18-25-19-34-29-8-3-2-7-27(25)29/h2-3,7-8,11-14,16-17,19,26,34,36H,4-6,15,18,20H2,1H3,(H,33,37)(H,35,38)/t26-/m1/s1. The lowest BCUT2D eigenvalue weighted by atomic mass is 9.99. The second-order valence-electron chi connectivity index (χ2n) is 9.64. The number of benzene rings is 3. The van der Waals surface area contributed by atoms with E-state index in [1.54, 1.807) is 37.4 Å². The predicted molar refractivity (Wildman–Crippen MR) is 151 cm³/mol. The van der Waals surface area contributed by atoms with Gasteiger partial charge < -0.3 is 25.5 Å². The maximum Gasteiger partial charge on any atom is 0.255 e. The molecule has 4 aromatic rings. The van der Waals surface area contributed by atoms with E-state index in [0.29, 0.717) is 35.5 Å². The number of carbonyl (C=O) groups is 2. The highest BCUT2D eigenvalue weighted by atomic mass is 16.5. The topological polar surface area (TPSA) is 103 Å². The molecule has 2 amide bonds. The van der Waals surface area contributed by atoms with Crippen molar-refractivity contribution < 1.29 is 19.4 Å². The number of para-hydroxylation sites is 1. The average Bonchev–Trinajstić information content (AvgIpc) is 3.22. The van der Waals surface area contributed by atoms with E-state index < -0.39 is 6.04 Å². The van der Waals surface area contributed by atoms with Crippen LogP contribution in [-0.4, -0.2) is 48.2 Å². The van der Waals surface area contributed by atoms with E-state index in [1.807, 2.05) is 36.5 Å². The van der Waals surface area contributed by atoms with Gasteiger partial charge in [-0.1, -0.05) is 30.0 Å². The molecule has 1 aliphatic rings. The van der Waals surface area contributed by atoms with Gasteiger partial charge in [-0.25, -0.2) is 0 Å². The first kappa shape index (κ1) is 26.1. The Morgan fingerprint density at radius 3 is 2.62 bits per heavy atom. The zero-order chi connectivity index (χ0) is 27.2. The lowest BCUT2D eigenvalue weighted by Crippen LogP contribution is -2.39. The normalized spacial score (nSPS) is 13.3. The molecule has 1 aromatic heterocycles. The second-order valence-corrected chi connectivity index (χ2v) is 9.64. The summed E-state index contributed by atoms with van der Waals surface area (Å²) in [4.78, 5) is 28.6. The number of aromatic nitrogens is 1. The van der Waals surface area contributed by atoms with Crippen LogP contribution in [0.4, 0.5) is 0 Å². The molecule has 5 rings (SSSR count). The molecule has 0 fully saturated rings. The second kappa shape index (κ2) is 11.9. The Balaban J connectivity index is 1.40. The van der Waals surface area contributed by atoms with Crippen molar-refractivity contribution in [1.82, 2.24) is 15.6 Å². The van der Waals surface area contributed by atoms with Gasteiger partial charge in [0.05, 0.1) is 24.8 Å². The number of amides is 2. The van der Waals surface area contributed by atoms with E-state index in [-0.39, 0.29) is 18.4 Å². The highest BCUT2D eigenvalue weighted by molar-refractivity contribution is 5.98. The molecular formula is C32H31N3O4. The molecule has 3 aromatic carbocycles. The van der Waals surface area contributed by atoms with Crippen LogP contribution < -0.4 is 15.4 Å². The Morgan fingerprint density at radius 1 is 1.03 bits per heavy atom. The van der Waals surface area contributed by atoms with Crippen LogP contribution in [0.25, 0.3) is 10.9 Å². The molecule has 0 aliphatic carbocycles. The van der Waals surface area contributed by atoms with Gasteiger partial charge in [-0.05, 0) is 79.3 Å². The molecule has 0 saturated heterocycles. The lowest BCUT2D eigenvalue weighted by molar-refractivity contribution is 0.0911. The number of aryl methyl sites for hydroxylation is 1. The molecule has 0 unspecified atom stereocenters. The van der Waals surface area contributed by atoms with Crippen molar-refractivity contribution >= 4 is 22.7 Å². The molecule has 7 nitrogen and oxygen atoms in total. The number of nitrogens with one attached hydrogen (secondary N) is 3. The minimum atomic E-state index is -0.466. The van der Waals surface area contributed by atoms with Crippen molar-refractivity contribution in [3.8, 4) is 17.6 Å². The Bertz CT molecular complexity index is 1560. The molecule has 0 radical (unpaired) electrons. The molecule has 2 heterocycles. The van der Waals surface area contributed by atoms with Gasteiger partial charge in [0.15, 0.2) is 0 Å². The predicted octanol–water partition coefficient (Wildman–Crippen LogP) is 3.98. The summed E-state index contributed by atoms with van der Waals surface area (Å²) in [6, 6.07) is 18.3. The van der Waals surface area contributed by atoms with Crippen LogP contribution in [0.2, 0.25) is 0 Å². The first-order chi connectivity index (χ1) is 19.1. The first-order valence-corrected chi connectivity index (χ1v) is 13.2. The van der Waals surface area contributed by atoms with Crippen molar-refractivity contribution in [1.29, 1.82) is 0 Å². The van der Waals surface area contributed by atoms with Crippen molar-refractivity contribution in [2.24, 2.45) is 0 Å². The van der Waals surface area contributed by atoms with Crippen molar-refractivity contribution in [2.75, 3.05) is 20.3 Å². The van der Waals surface area contributed by atoms with E-state index >= 15 is 0 Å². The number of rotatable bonds is 6. The SMILES string of the molecule is CNC(=O)c1ccc(C#Cc2cc3c(c(C(=O)N[C@@H](CO)Cc4c[nH]c5ccccc45)c2)OCCCC3)cc1. The summed E-state index contributed by atoms with van der Waals surface area (Å²) < 4.78 is 6.03. The molecular weight excluding hydrogens is 490 g/mol. The van der Waals surface area contributed by atoms with Gasteiger partial charge in [-0.2, -0.15) is 0 Å². The number of hydrogen-bond acceptors (Lipinski definition) is 4. The Labute approximate surface area is 227 Å². The highest BCUT2D eigenvalue weighted by Crippen LogP contribution is 2.30. The van der Waals surface area contributed by atoms with Crippen LogP contribution in [0.1, 0.15) is 55.8 Å². The van der Waals surface area contributed by atoms with Crippen LogP contribution in [0.3, 0.4) is 0 Å². The maximum absolute atomic E-state index is 13.6. The first-order valence-electron chi connectivity index (χ1n) is 13.2. The van der Waals surface area contributed by atoms with Gasteiger partial charge >= 0.3 is 0 Å². The minimum Gasteiger partial charge on any atom is -0.492 e. The summed E-state index contributed by atoms with van der Waals surface area (Å²) in [5, 5.41) is 16.8. The van der Waals surface area contributed by atoms with Crippen LogP contribution in [0.15, 0.2) is 66.9 Å². The van der Waals surface area contributed by atoms with Crippen molar-refractivity contribution in [3.05, 3.63) is 100 Å². The fraction of sp³-hybridized carbons (Fsp3) is 0.250. The summed E-state index contributed by atoms with van der Waals surface area (Å²) in [7, 11) is 1.59. The van der Waals surface area contributed by atoms with Gasteiger partial charge in [0, 0.05) is 40.8 Å². The number of aromatic amines is 1. The number of fused-ring (bicyclic) bond motifs is 2. The van der Waals surface area contributed by atoms with Gasteiger partial charge in [0.1, 0.15) is 5.75 Å². The van der Waals surface area contributed by atoms with Crippen LogP contribution in [-0.2, 0) is 12.8 Å². The van der Waals surface area contributed by atoms with Gasteiger partial charge in [0.2, 0.25) is 0 Å². The highest BCUT2D eigenvalue weighted by Gasteiger charge is 2.22. The zero-order valence-corrected chi connectivity index (χ0v) is 21.8. The van der Waals surface area contributed by atoms with Crippen molar-refractivity contribution in [2.45, 2.75) is 31.7 Å². The van der Waals surface area contributed by atoms with Crippen LogP contribution >= 0.6 is 0 Å². The summed E-state index contributed by atoms with van der Waals surface area (Å²) in [6.45, 7) is 0.356. The van der Waals surface area contributed by atoms with E-state index in [9.17, 15) is 14.7 Å². The van der Waals surface area contributed by atoms with Gasteiger partial charge in [-0.15, -0.1) is 0 Å². The van der Waals surface area contributed by atoms with Gasteiger partial charge in [0.25, 0.3) is 11.8 Å². The number of carbonyl (C=O) groups excluding carboxylic acids is 2. The molecule has 7 heteroatoms. The number of aliphatic hydroxyl groups is 1. The molecule has 0 spiro atoms. The van der Waals surface area contributed by atoms with Crippen molar-refractivity contribution in [3.63, 3.8) is 0 Å². The monoisotopic (exact) mass is 521 g/mol. The third-order valence-corrected chi connectivity index (χ3v) is 6.92. The number of hydrogen-bond donors (Lipinski definition) is 4. The zero-order valence-electron chi connectivity index (χ0n) is 21.8. The van der Waals surface area contributed by atoms with Crippen LogP contribution in [0.5, 0.6) is 5.75 Å². The van der Waals surface area contributed by atoms with E-state index in [1.165, 1.54) is 0 Å². The van der Waals surface area contributed by atoms with Crippen LogP contribution in [0, 0.1) is 11.8 Å². The summed E-state index contributed by atoms with van der Waals surface area (Å²) in [5.41, 5.74) is 5.46. The largest absolute Gasteiger partial charge is 0.492 e. The lowest BCUT2D eigenvalue weighted by Gasteiger charge is -2.19. The maximum atomic E-state index is 13.6. The minimum absolute atomic E-state index is 0.151. The quantitative estimate of drug-likeness (QED) is 0.288. The van der Waals surface area contributed by atoms with E-state index in [4.69, 9.17) is 4.74 Å². The molecule has 198 valence electrons. The fourth-order valence-electron chi connectivity index (χ4n) is 4.86.